The first-order chi connectivity index (χ1) is 11.0. The van der Waals surface area contributed by atoms with Crippen LogP contribution in [0.2, 0.25) is 10.1 Å². The molecule has 7 heteroatoms. The number of sulfone groups is 1. The normalized spacial score (nSPS) is 19.0. The van der Waals surface area contributed by atoms with Gasteiger partial charge in [0.1, 0.15) is 0 Å². The van der Waals surface area contributed by atoms with Crippen LogP contribution in [-0.2, 0) is 9.84 Å². The third kappa shape index (κ3) is 3.11. The Balaban J connectivity index is 1.79. The molecule has 4 nitrogen and oxygen atoms in total. The average molecular weight is 457 g/mol. The van der Waals surface area contributed by atoms with Crippen molar-refractivity contribution in [3.8, 4) is 11.5 Å². The van der Waals surface area contributed by atoms with Crippen LogP contribution in [0.25, 0.3) is 0 Å². The summed E-state index contributed by atoms with van der Waals surface area (Å²) in [6.45, 7) is 0. The Hall–Kier alpha value is -1.14. The van der Waals surface area contributed by atoms with E-state index in [1.165, 1.54) is 0 Å². The number of para-hydroxylation sites is 2. The Morgan fingerprint density at radius 2 is 2.00 bits per heavy atom. The molecule has 0 N–H and O–H groups in total. The third-order valence-corrected chi connectivity index (χ3v) is 8.58. The molecule has 2 aliphatic rings. The van der Waals surface area contributed by atoms with Crippen LogP contribution < -0.4 is 4.74 Å². The summed E-state index contributed by atoms with van der Waals surface area (Å²) in [6, 6.07) is 12.4. The Morgan fingerprint density at radius 3 is 2.78 bits per heavy atom. The summed E-state index contributed by atoms with van der Waals surface area (Å²) in [7, 11) is -3.25. The van der Waals surface area contributed by atoms with Crippen LogP contribution in [0.15, 0.2) is 52.4 Å². The molecular formula is C16H12BrNO3SSe. The molecule has 0 bridgehead atoms. The summed E-state index contributed by atoms with van der Waals surface area (Å²) < 4.78 is 31.5. The molecule has 23 heavy (non-hydrogen) atoms. The second kappa shape index (κ2) is 5.74. The molecule has 4 rings (SSSR count). The fraction of sp³-hybridized carbons (Fsp3) is 0.188. The predicted octanol–water partition coefficient (Wildman–Crippen LogP) is 3.96. The van der Waals surface area contributed by atoms with Gasteiger partial charge in [-0.3, -0.25) is 0 Å². The molecule has 0 saturated carbocycles. The molecule has 0 spiro atoms. The van der Waals surface area contributed by atoms with Gasteiger partial charge in [-0.25, -0.2) is 0 Å². The van der Waals surface area contributed by atoms with Crippen LogP contribution in [0.4, 0.5) is 5.69 Å². The van der Waals surface area contributed by atoms with E-state index in [-0.39, 0.29) is 5.75 Å². The fourth-order valence-corrected chi connectivity index (χ4v) is 6.95. The average Bonchev–Trinajstić information content (AvgIpc) is 3.33. The van der Waals surface area contributed by atoms with Crippen molar-refractivity contribution in [2.24, 2.45) is 4.99 Å². The van der Waals surface area contributed by atoms with Crippen LogP contribution in [0.1, 0.15) is 5.56 Å². The number of hydrogen-bond acceptors (Lipinski definition) is 4. The first kappa shape index (κ1) is 15.4. The Labute approximate surface area is 149 Å². The molecule has 2 aliphatic heterocycles. The quantitative estimate of drug-likeness (QED) is 0.656. The summed E-state index contributed by atoms with van der Waals surface area (Å²) >= 11 is 3.95. The zero-order chi connectivity index (χ0) is 16.0. The van der Waals surface area contributed by atoms with Gasteiger partial charge in [0.15, 0.2) is 0 Å². The topological polar surface area (TPSA) is 55.7 Å². The van der Waals surface area contributed by atoms with Gasteiger partial charge < -0.3 is 0 Å². The molecule has 2 aromatic carbocycles. The van der Waals surface area contributed by atoms with Crippen molar-refractivity contribution in [1.29, 1.82) is 0 Å². The van der Waals surface area contributed by atoms with Crippen LogP contribution in [0.3, 0.4) is 0 Å². The van der Waals surface area contributed by atoms with E-state index in [1.807, 2.05) is 24.3 Å². The van der Waals surface area contributed by atoms with Crippen molar-refractivity contribution in [3.05, 3.63) is 48.0 Å². The molecule has 118 valence electrons. The molecule has 1 saturated heterocycles. The fourth-order valence-electron chi connectivity index (χ4n) is 2.38. The van der Waals surface area contributed by atoms with E-state index < -0.39 is 9.84 Å². The summed E-state index contributed by atoms with van der Waals surface area (Å²) in [6.07, 6.45) is 0. The number of nitrogens with zero attached hydrogens (tertiary/aromatic N) is 1. The molecule has 0 radical (unpaired) electrons. The van der Waals surface area contributed by atoms with Crippen LogP contribution in [0, 0.1) is 0 Å². The number of benzene rings is 2. The van der Waals surface area contributed by atoms with E-state index in [4.69, 9.17) is 4.74 Å². The van der Waals surface area contributed by atoms with Crippen molar-refractivity contribution in [1.82, 2.24) is 0 Å². The number of hydrogen-bond donors (Lipinski definition) is 0. The SMILES string of the molecule is O=S(=O)(CC1C[Se]1)c1ccc2c(c1)C(Br)=Nc1ccccc1O2. The van der Waals surface area contributed by atoms with Gasteiger partial charge in [0, 0.05) is 0 Å². The van der Waals surface area contributed by atoms with Crippen molar-refractivity contribution in [3.63, 3.8) is 0 Å². The van der Waals surface area contributed by atoms with E-state index in [0.29, 0.717) is 52.0 Å². The predicted molar refractivity (Wildman–Crippen MR) is 94.4 cm³/mol. The Morgan fingerprint density at radius 1 is 1.22 bits per heavy atom. The third-order valence-electron chi connectivity index (χ3n) is 3.64. The zero-order valence-corrected chi connectivity index (χ0v) is 16.0. The van der Waals surface area contributed by atoms with Gasteiger partial charge in [-0.15, -0.1) is 0 Å². The molecule has 1 atom stereocenters. The van der Waals surface area contributed by atoms with Gasteiger partial charge in [-0.2, -0.15) is 0 Å². The van der Waals surface area contributed by atoms with Crippen molar-refractivity contribution < 1.29 is 13.2 Å². The van der Waals surface area contributed by atoms with Gasteiger partial charge in [0.05, 0.1) is 0 Å². The molecule has 1 unspecified atom stereocenters. The molecule has 0 amide bonds. The van der Waals surface area contributed by atoms with Gasteiger partial charge in [-0.05, 0) is 0 Å². The van der Waals surface area contributed by atoms with Crippen LogP contribution in [0.5, 0.6) is 11.5 Å². The second-order valence-electron chi connectivity index (χ2n) is 5.37. The van der Waals surface area contributed by atoms with Gasteiger partial charge in [0.25, 0.3) is 0 Å². The number of halogens is 1. The minimum absolute atomic E-state index is 0.252. The van der Waals surface area contributed by atoms with E-state index in [2.05, 4.69) is 20.9 Å². The van der Waals surface area contributed by atoms with Crippen molar-refractivity contribution >= 4 is 51.0 Å². The molecular weight excluding hydrogens is 445 g/mol. The molecule has 0 aliphatic carbocycles. The van der Waals surface area contributed by atoms with E-state index >= 15 is 0 Å². The van der Waals surface area contributed by atoms with E-state index in [1.54, 1.807) is 18.2 Å². The zero-order valence-electron chi connectivity index (χ0n) is 11.9. The minimum atomic E-state index is -3.25. The number of fused-ring (bicyclic) bond motifs is 2. The first-order valence-corrected chi connectivity index (χ1v) is 11.7. The summed E-state index contributed by atoms with van der Waals surface area (Å²) in [4.78, 5) is 5.21. The van der Waals surface area contributed by atoms with Gasteiger partial charge >= 0.3 is 149 Å². The monoisotopic (exact) mass is 457 g/mol. The summed E-state index contributed by atoms with van der Waals surface area (Å²) in [5.41, 5.74) is 1.37. The molecule has 2 aromatic rings. The van der Waals surface area contributed by atoms with Crippen molar-refractivity contribution in [2.75, 3.05) is 5.75 Å². The van der Waals surface area contributed by atoms with Crippen molar-refractivity contribution in [2.45, 2.75) is 15.0 Å². The molecule has 0 aromatic heterocycles. The van der Waals surface area contributed by atoms with Crippen LogP contribution in [-0.4, -0.2) is 33.7 Å². The maximum atomic E-state index is 12.5. The van der Waals surface area contributed by atoms with E-state index in [9.17, 15) is 8.42 Å². The van der Waals surface area contributed by atoms with E-state index in [0.717, 1.165) is 5.32 Å². The molecule has 2 heterocycles. The summed E-state index contributed by atoms with van der Waals surface area (Å²) in [5.74, 6) is 1.50. The second-order valence-corrected chi connectivity index (χ2v) is 10.9. The number of rotatable bonds is 3. The summed E-state index contributed by atoms with van der Waals surface area (Å²) in [5, 5.41) is 1.07. The maximum absolute atomic E-state index is 12.5. The van der Waals surface area contributed by atoms with Gasteiger partial charge in [0.2, 0.25) is 0 Å². The first-order valence-electron chi connectivity index (χ1n) is 7.03. The van der Waals surface area contributed by atoms with Gasteiger partial charge in [-0.1, -0.05) is 0 Å². The Bertz CT molecular complexity index is 923. The Kier molecular flexibility index (Phi) is 3.84. The standard InChI is InChI=1S/C16H12BrNO3SSe/c17-16-12-7-10(22(19,20)8-11-9-23-11)5-6-14(12)21-15-4-2-1-3-13(15)18-16/h1-7,11H,8-9H2. The molecule has 1 fully saturated rings. The number of aliphatic imine (C=N–C) groups is 1. The van der Waals surface area contributed by atoms with Crippen LogP contribution >= 0.6 is 15.9 Å². The number of ether oxygens (including phenoxy) is 1.